The molecule has 2 heterocycles. The van der Waals surface area contributed by atoms with Crippen LogP contribution in [0.4, 0.5) is 0 Å². The minimum Gasteiger partial charge on any atom is -0.492 e. The van der Waals surface area contributed by atoms with E-state index in [1.54, 1.807) is 0 Å². The number of benzene rings is 1. The van der Waals surface area contributed by atoms with Crippen LogP contribution in [0.2, 0.25) is 0 Å². The van der Waals surface area contributed by atoms with Crippen molar-refractivity contribution < 1.29 is 14.0 Å². The molecule has 0 bridgehead atoms. The number of nitrogens with zero attached hydrogens (tertiary/aromatic N) is 1. The zero-order valence-electron chi connectivity index (χ0n) is 13.6. The predicted octanol–water partition coefficient (Wildman–Crippen LogP) is 1.81. The second-order valence-electron chi connectivity index (χ2n) is 7.04. The van der Waals surface area contributed by atoms with Gasteiger partial charge in [-0.3, -0.25) is 4.90 Å². The molecule has 0 N–H and O–H groups in total. The molecule has 1 saturated heterocycles. The van der Waals surface area contributed by atoms with E-state index in [1.807, 2.05) is 12.1 Å². The lowest BCUT2D eigenvalue weighted by atomic mass is 9.78. The topological polar surface area (TPSA) is 30.9 Å². The van der Waals surface area contributed by atoms with Gasteiger partial charge < -0.3 is 14.0 Å². The molecule has 0 saturated carbocycles. The van der Waals surface area contributed by atoms with Crippen molar-refractivity contribution >= 4 is 12.6 Å². The van der Waals surface area contributed by atoms with Crippen LogP contribution in [-0.4, -0.2) is 43.4 Å². The Morgan fingerprint density at radius 1 is 1.10 bits per heavy atom. The van der Waals surface area contributed by atoms with E-state index in [4.69, 9.17) is 14.0 Å². The Morgan fingerprint density at radius 2 is 1.76 bits per heavy atom. The Labute approximate surface area is 127 Å². The maximum Gasteiger partial charge on any atom is 0.494 e. The number of hydrogen-bond donors (Lipinski definition) is 0. The molecule has 0 radical (unpaired) electrons. The number of fused-ring (bicyclic) bond motifs is 1. The highest BCUT2D eigenvalue weighted by Crippen LogP contribution is 2.36. The van der Waals surface area contributed by atoms with Crippen LogP contribution >= 0.6 is 0 Å². The van der Waals surface area contributed by atoms with Gasteiger partial charge in [0.15, 0.2) is 0 Å². The molecule has 0 atom stereocenters. The van der Waals surface area contributed by atoms with E-state index in [2.05, 4.69) is 45.7 Å². The second-order valence-corrected chi connectivity index (χ2v) is 7.04. The van der Waals surface area contributed by atoms with Gasteiger partial charge in [-0.05, 0) is 46.3 Å². The zero-order chi connectivity index (χ0) is 15.3. The molecule has 4 nitrogen and oxygen atoms in total. The monoisotopic (exact) mass is 289 g/mol. The van der Waals surface area contributed by atoms with Crippen molar-refractivity contribution in [3.05, 3.63) is 23.8 Å². The summed E-state index contributed by atoms with van der Waals surface area (Å²) < 4.78 is 18.0. The maximum absolute atomic E-state index is 6.12. The molecule has 0 spiro atoms. The number of ether oxygens (including phenoxy) is 1. The van der Waals surface area contributed by atoms with Gasteiger partial charge in [-0.25, -0.2) is 0 Å². The van der Waals surface area contributed by atoms with Crippen LogP contribution in [0.3, 0.4) is 0 Å². The third-order valence-corrected chi connectivity index (χ3v) is 4.78. The maximum atomic E-state index is 6.12. The molecule has 1 fully saturated rings. The Morgan fingerprint density at radius 3 is 2.43 bits per heavy atom. The van der Waals surface area contributed by atoms with E-state index in [1.165, 1.54) is 5.56 Å². The third kappa shape index (κ3) is 2.70. The van der Waals surface area contributed by atoms with Crippen LogP contribution in [0.1, 0.15) is 33.3 Å². The normalized spacial score (nSPS) is 24.3. The minimum absolute atomic E-state index is 0.308. The summed E-state index contributed by atoms with van der Waals surface area (Å²) in [5.41, 5.74) is 1.64. The lowest BCUT2D eigenvalue weighted by Crippen LogP contribution is -2.41. The molecule has 0 aromatic heterocycles. The van der Waals surface area contributed by atoms with E-state index in [-0.39, 0.29) is 18.3 Å². The number of likely N-dealkylation sites (N-methyl/N-ethyl adjacent to an activating group) is 1. The van der Waals surface area contributed by atoms with Crippen molar-refractivity contribution in [2.75, 3.05) is 20.2 Å². The van der Waals surface area contributed by atoms with Crippen LogP contribution in [0.25, 0.3) is 0 Å². The van der Waals surface area contributed by atoms with E-state index >= 15 is 0 Å². The van der Waals surface area contributed by atoms with E-state index < -0.39 is 0 Å². The highest BCUT2D eigenvalue weighted by Gasteiger charge is 2.51. The van der Waals surface area contributed by atoms with Gasteiger partial charge in [-0.2, -0.15) is 0 Å². The molecule has 5 heteroatoms. The summed E-state index contributed by atoms with van der Waals surface area (Å²) in [6.07, 6.45) is 0. The van der Waals surface area contributed by atoms with Crippen molar-refractivity contribution in [3.8, 4) is 5.75 Å². The Hall–Kier alpha value is -1.04. The van der Waals surface area contributed by atoms with Gasteiger partial charge in [0, 0.05) is 18.7 Å². The summed E-state index contributed by atoms with van der Waals surface area (Å²) >= 11 is 0. The molecule has 2 aliphatic rings. The van der Waals surface area contributed by atoms with Gasteiger partial charge in [0.1, 0.15) is 12.4 Å². The minimum atomic E-state index is -0.311. The van der Waals surface area contributed by atoms with Gasteiger partial charge in [-0.1, -0.05) is 12.1 Å². The predicted molar refractivity (Wildman–Crippen MR) is 84.0 cm³/mol. The highest BCUT2D eigenvalue weighted by atomic mass is 16.7. The second kappa shape index (κ2) is 5.01. The summed E-state index contributed by atoms with van der Waals surface area (Å²) in [5.74, 6) is 0.972. The SMILES string of the molecule is CN1CCOc2ccc(B3OC(C)(C)C(C)(C)O3)cc2C1. The van der Waals surface area contributed by atoms with Gasteiger partial charge in [-0.15, -0.1) is 0 Å². The lowest BCUT2D eigenvalue weighted by Gasteiger charge is -2.32. The van der Waals surface area contributed by atoms with Gasteiger partial charge in [0.2, 0.25) is 0 Å². The molecule has 114 valence electrons. The van der Waals surface area contributed by atoms with E-state index in [9.17, 15) is 0 Å². The molecule has 1 aromatic carbocycles. The summed E-state index contributed by atoms with van der Waals surface area (Å²) in [7, 11) is 1.80. The van der Waals surface area contributed by atoms with Crippen molar-refractivity contribution in [1.29, 1.82) is 0 Å². The first-order valence-electron chi connectivity index (χ1n) is 7.58. The first-order valence-corrected chi connectivity index (χ1v) is 7.58. The fourth-order valence-corrected chi connectivity index (χ4v) is 2.67. The summed E-state index contributed by atoms with van der Waals surface area (Å²) in [6.45, 7) is 10.9. The molecule has 21 heavy (non-hydrogen) atoms. The smallest absolute Gasteiger partial charge is 0.492 e. The molecular formula is C16H24BNO3. The lowest BCUT2D eigenvalue weighted by molar-refractivity contribution is 0.00578. The standard InChI is InChI=1S/C16H24BNO3/c1-15(2)16(3,4)21-17(20-15)13-6-7-14-12(10-13)11-18(5)8-9-19-14/h6-7,10H,8-9,11H2,1-5H3. The third-order valence-electron chi connectivity index (χ3n) is 4.78. The van der Waals surface area contributed by atoms with Crippen molar-refractivity contribution in [1.82, 2.24) is 4.90 Å². The van der Waals surface area contributed by atoms with Crippen LogP contribution in [-0.2, 0) is 15.9 Å². The molecule has 0 amide bonds. The number of rotatable bonds is 1. The molecule has 0 unspecified atom stereocenters. The average molecular weight is 289 g/mol. The van der Waals surface area contributed by atoms with Crippen LogP contribution in [0, 0.1) is 0 Å². The van der Waals surface area contributed by atoms with Crippen molar-refractivity contribution in [3.63, 3.8) is 0 Å². The van der Waals surface area contributed by atoms with Crippen LogP contribution in [0.15, 0.2) is 18.2 Å². The van der Waals surface area contributed by atoms with Gasteiger partial charge in [0.05, 0.1) is 11.2 Å². The average Bonchev–Trinajstić information content (AvgIpc) is 2.52. The molecule has 0 aliphatic carbocycles. The Bertz CT molecular complexity index is 528. The Kier molecular flexibility index (Phi) is 3.55. The first kappa shape index (κ1) is 14.9. The first-order chi connectivity index (χ1) is 9.78. The largest absolute Gasteiger partial charge is 0.494 e. The molecule has 1 aromatic rings. The summed E-state index contributed by atoms with van der Waals surface area (Å²) in [5, 5.41) is 0. The summed E-state index contributed by atoms with van der Waals surface area (Å²) in [6, 6.07) is 6.24. The van der Waals surface area contributed by atoms with Gasteiger partial charge in [0.25, 0.3) is 0 Å². The van der Waals surface area contributed by atoms with Crippen molar-refractivity contribution in [2.24, 2.45) is 0 Å². The molecular weight excluding hydrogens is 265 g/mol. The summed E-state index contributed by atoms with van der Waals surface area (Å²) in [4.78, 5) is 2.26. The fraction of sp³-hybridized carbons (Fsp3) is 0.625. The van der Waals surface area contributed by atoms with E-state index in [0.717, 1.165) is 30.9 Å². The molecule has 2 aliphatic heterocycles. The zero-order valence-corrected chi connectivity index (χ0v) is 13.6. The van der Waals surface area contributed by atoms with Crippen LogP contribution < -0.4 is 10.2 Å². The highest BCUT2D eigenvalue weighted by molar-refractivity contribution is 6.62. The number of hydrogen-bond acceptors (Lipinski definition) is 4. The fourth-order valence-electron chi connectivity index (χ4n) is 2.67. The van der Waals surface area contributed by atoms with Crippen molar-refractivity contribution in [2.45, 2.75) is 45.4 Å². The van der Waals surface area contributed by atoms with Crippen LogP contribution in [0.5, 0.6) is 5.75 Å². The van der Waals surface area contributed by atoms with Gasteiger partial charge >= 0.3 is 7.12 Å². The quantitative estimate of drug-likeness (QED) is 0.738. The van der Waals surface area contributed by atoms with E-state index in [0.29, 0.717) is 0 Å². The molecule has 3 rings (SSSR count). The Balaban J connectivity index is 1.88.